The summed E-state index contributed by atoms with van der Waals surface area (Å²) in [5.74, 6) is 1.66. The molecule has 1 N–H and O–H groups in total. The van der Waals surface area contributed by atoms with E-state index < -0.39 is 0 Å². The van der Waals surface area contributed by atoms with E-state index in [1.54, 1.807) is 6.20 Å². The van der Waals surface area contributed by atoms with Gasteiger partial charge in [0.1, 0.15) is 11.9 Å². The maximum Gasteiger partial charge on any atom is 0.231 e. The molecule has 0 saturated carbocycles. The first kappa shape index (κ1) is 20.1. The molecule has 1 aromatic carbocycles. The van der Waals surface area contributed by atoms with E-state index in [0.29, 0.717) is 19.6 Å². The maximum atomic E-state index is 12.4. The van der Waals surface area contributed by atoms with Crippen molar-refractivity contribution >= 4 is 23.3 Å². The minimum Gasteiger partial charge on any atom is -0.489 e. The minimum atomic E-state index is -0.0640. The summed E-state index contributed by atoms with van der Waals surface area (Å²) in [6.07, 6.45) is 2.48. The SMILES string of the molecule is CC(C)C(=O)N1CC[C@@H](Oc2ccc(NC(=O)C3CN(c4cccnn4)C3)cc2)C1. The standard InChI is InChI=1S/C22H27N5O3/c1-15(2)22(29)26-11-9-19(14-26)30-18-7-5-17(6-8-18)24-21(28)16-12-27(13-16)20-4-3-10-23-25-20/h3-8,10,15-16,19H,9,11-14H2,1-2H3,(H,24,28)/t19-/m1/s1. The van der Waals surface area contributed by atoms with Crippen molar-refractivity contribution in [3.8, 4) is 5.75 Å². The Bertz CT molecular complexity index is 881. The molecule has 4 rings (SSSR count). The molecule has 2 fully saturated rings. The molecule has 0 radical (unpaired) electrons. The molecule has 30 heavy (non-hydrogen) atoms. The van der Waals surface area contributed by atoms with Crippen molar-refractivity contribution in [2.24, 2.45) is 11.8 Å². The predicted molar refractivity (Wildman–Crippen MR) is 113 cm³/mol. The lowest BCUT2D eigenvalue weighted by Crippen LogP contribution is -2.52. The number of rotatable bonds is 6. The van der Waals surface area contributed by atoms with Crippen LogP contribution in [0.2, 0.25) is 0 Å². The molecule has 0 unspecified atom stereocenters. The van der Waals surface area contributed by atoms with Crippen molar-refractivity contribution in [3.63, 3.8) is 0 Å². The van der Waals surface area contributed by atoms with Crippen LogP contribution in [0, 0.1) is 11.8 Å². The number of hydrogen-bond acceptors (Lipinski definition) is 6. The molecule has 158 valence electrons. The van der Waals surface area contributed by atoms with Gasteiger partial charge in [0.2, 0.25) is 11.8 Å². The minimum absolute atomic E-state index is 0.00226. The number of carbonyl (C=O) groups excluding carboxylic acids is 2. The van der Waals surface area contributed by atoms with E-state index in [0.717, 1.165) is 30.2 Å². The van der Waals surface area contributed by atoms with E-state index in [1.807, 2.05) is 60.0 Å². The third-order valence-corrected chi connectivity index (χ3v) is 5.51. The lowest BCUT2D eigenvalue weighted by Gasteiger charge is -2.38. The van der Waals surface area contributed by atoms with Crippen LogP contribution >= 0.6 is 0 Å². The van der Waals surface area contributed by atoms with Crippen LogP contribution in [-0.4, -0.2) is 59.2 Å². The monoisotopic (exact) mass is 409 g/mol. The van der Waals surface area contributed by atoms with Gasteiger partial charge in [-0.05, 0) is 36.4 Å². The number of nitrogens with one attached hydrogen (secondary N) is 1. The van der Waals surface area contributed by atoms with Crippen LogP contribution < -0.4 is 15.0 Å². The van der Waals surface area contributed by atoms with Gasteiger partial charge in [-0.25, -0.2) is 0 Å². The number of anilines is 2. The number of ether oxygens (including phenoxy) is 1. The normalized spacial score (nSPS) is 19.0. The molecule has 0 bridgehead atoms. The fourth-order valence-corrected chi connectivity index (χ4v) is 3.74. The fourth-order valence-electron chi connectivity index (χ4n) is 3.74. The first-order valence-corrected chi connectivity index (χ1v) is 10.4. The molecule has 2 aromatic rings. The maximum absolute atomic E-state index is 12.4. The summed E-state index contributed by atoms with van der Waals surface area (Å²) in [5, 5.41) is 10.9. The molecule has 3 heterocycles. The quantitative estimate of drug-likeness (QED) is 0.787. The second kappa shape index (κ2) is 8.69. The lowest BCUT2D eigenvalue weighted by molar-refractivity contribution is -0.133. The van der Waals surface area contributed by atoms with Gasteiger partial charge in [-0.15, -0.1) is 5.10 Å². The molecule has 2 amide bonds. The summed E-state index contributed by atoms with van der Waals surface area (Å²) >= 11 is 0. The highest BCUT2D eigenvalue weighted by molar-refractivity contribution is 5.94. The third-order valence-electron chi connectivity index (χ3n) is 5.51. The van der Waals surface area contributed by atoms with Crippen LogP contribution in [0.25, 0.3) is 0 Å². The van der Waals surface area contributed by atoms with Crippen molar-refractivity contribution in [2.45, 2.75) is 26.4 Å². The summed E-state index contributed by atoms with van der Waals surface area (Å²) in [6, 6.07) is 11.1. The zero-order chi connectivity index (χ0) is 21.1. The summed E-state index contributed by atoms with van der Waals surface area (Å²) in [4.78, 5) is 28.4. The van der Waals surface area contributed by atoms with Crippen LogP contribution in [0.4, 0.5) is 11.5 Å². The lowest BCUT2D eigenvalue weighted by atomic mass is 9.99. The Kier molecular flexibility index (Phi) is 5.83. The zero-order valence-electron chi connectivity index (χ0n) is 17.3. The number of carbonyl (C=O) groups is 2. The van der Waals surface area contributed by atoms with Gasteiger partial charge in [0.15, 0.2) is 5.82 Å². The van der Waals surface area contributed by atoms with Crippen molar-refractivity contribution in [2.75, 3.05) is 36.4 Å². The number of benzene rings is 1. The van der Waals surface area contributed by atoms with E-state index in [4.69, 9.17) is 4.74 Å². The topological polar surface area (TPSA) is 87.7 Å². The van der Waals surface area contributed by atoms with Crippen molar-refractivity contribution in [1.82, 2.24) is 15.1 Å². The summed E-state index contributed by atoms with van der Waals surface area (Å²) in [5.41, 5.74) is 0.744. The van der Waals surface area contributed by atoms with Crippen molar-refractivity contribution in [1.29, 1.82) is 0 Å². The average molecular weight is 409 g/mol. The molecule has 1 aromatic heterocycles. The van der Waals surface area contributed by atoms with Crippen LogP contribution in [0.5, 0.6) is 5.75 Å². The Morgan fingerprint density at radius 3 is 2.57 bits per heavy atom. The van der Waals surface area contributed by atoms with Crippen LogP contribution in [0.15, 0.2) is 42.6 Å². The third kappa shape index (κ3) is 4.53. The highest BCUT2D eigenvalue weighted by atomic mass is 16.5. The highest BCUT2D eigenvalue weighted by Crippen LogP contribution is 2.25. The van der Waals surface area contributed by atoms with E-state index in [1.165, 1.54) is 0 Å². The average Bonchev–Trinajstić information content (AvgIpc) is 3.17. The Morgan fingerprint density at radius 2 is 1.90 bits per heavy atom. The zero-order valence-corrected chi connectivity index (χ0v) is 17.3. The van der Waals surface area contributed by atoms with E-state index in [-0.39, 0.29) is 29.8 Å². The molecule has 0 spiro atoms. The van der Waals surface area contributed by atoms with Gasteiger partial charge < -0.3 is 19.9 Å². The van der Waals surface area contributed by atoms with Crippen LogP contribution in [0.1, 0.15) is 20.3 Å². The Hall–Kier alpha value is -3.16. The molecule has 1 atom stereocenters. The molecule has 2 aliphatic rings. The fraction of sp³-hybridized carbons (Fsp3) is 0.455. The highest BCUT2D eigenvalue weighted by Gasteiger charge is 2.33. The summed E-state index contributed by atoms with van der Waals surface area (Å²) in [7, 11) is 0. The predicted octanol–water partition coefficient (Wildman–Crippen LogP) is 2.19. The number of aromatic nitrogens is 2. The molecular weight excluding hydrogens is 382 g/mol. The van der Waals surface area contributed by atoms with E-state index >= 15 is 0 Å². The summed E-state index contributed by atoms with van der Waals surface area (Å²) in [6.45, 7) is 6.47. The number of hydrogen-bond donors (Lipinski definition) is 1. The first-order chi connectivity index (χ1) is 14.5. The summed E-state index contributed by atoms with van der Waals surface area (Å²) < 4.78 is 6.01. The number of likely N-dealkylation sites (tertiary alicyclic amines) is 1. The van der Waals surface area contributed by atoms with Crippen molar-refractivity contribution < 1.29 is 14.3 Å². The molecule has 2 aliphatic heterocycles. The molecular formula is C22H27N5O3. The molecule has 0 aliphatic carbocycles. The van der Waals surface area contributed by atoms with Crippen molar-refractivity contribution in [3.05, 3.63) is 42.6 Å². The second-order valence-corrected chi connectivity index (χ2v) is 8.16. The van der Waals surface area contributed by atoms with Gasteiger partial charge in [-0.2, -0.15) is 5.10 Å². The van der Waals surface area contributed by atoms with Crippen LogP contribution in [-0.2, 0) is 9.59 Å². The largest absolute Gasteiger partial charge is 0.489 e. The van der Waals surface area contributed by atoms with Gasteiger partial charge in [0.05, 0.1) is 12.5 Å². The second-order valence-electron chi connectivity index (χ2n) is 8.16. The van der Waals surface area contributed by atoms with Gasteiger partial charge in [-0.3, -0.25) is 9.59 Å². The van der Waals surface area contributed by atoms with E-state index in [2.05, 4.69) is 15.5 Å². The molecule has 8 heteroatoms. The van der Waals surface area contributed by atoms with Crippen LogP contribution in [0.3, 0.4) is 0 Å². The van der Waals surface area contributed by atoms with Gasteiger partial charge >= 0.3 is 0 Å². The smallest absolute Gasteiger partial charge is 0.231 e. The number of nitrogens with zero attached hydrogens (tertiary/aromatic N) is 4. The van der Waals surface area contributed by atoms with Gasteiger partial charge in [-0.1, -0.05) is 13.8 Å². The van der Waals surface area contributed by atoms with Gasteiger partial charge in [0.25, 0.3) is 0 Å². The Labute approximate surface area is 176 Å². The van der Waals surface area contributed by atoms with Gasteiger partial charge in [0, 0.05) is 43.9 Å². The Balaban J connectivity index is 1.23. The molecule has 2 saturated heterocycles. The van der Waals surface area contributed by atoms with E-state index in [9.17, 15) is 9.59 Å². The Morgan fingerprint density at radius 1 is 1.13 bits per heavy atom. The number of amides is 2. The first-order valence-electron chi connectivity index (χ1n) is 10.4. The molecule has 8 nitrogen and oxygen atoms in total.